The monoisotopic (exact) mass is 846 g/mol. The summed E-state index contributed by atoms with van der Waals surface area (Å²) in [6.07, 6.45) is 42.7. The highest BCUT2D eigenvalue weighted by molar-refractivity contribution is 7.45. The van der Waals surface area contributed by atoms with Crippen LogP contribution in [0, 0.1) is 0 Å². The van der Waals surface area contributed by atoms with Gasteiger partial charge < -0.3 is 27.9 Å². The average molecular weight is 846 g/mol. The number of hydrogen-bond acceptors (Lipinski definition) is 8. The van der Waals surface area contributed by atoms with E-state index >= 15 is 0 Å². The first kappa shape index (κ1) is 57.0. The third-order valence-electron chi connectivity index (χ3n) is 11.1. The van der Waals surface area contributed by atoms with E-state index < -0.39 is 26.5 Å². The van der Waals surface area contributed by atoms with E-state index in [0.717, 1.165) is 32.1 Å². The van der Waals surface area contributed by atoms with Gasteiger partial charge >= 0.3 is 11.9 Å². The average Bonchev–Trinajstić information content (AvgIpc) is 3.17. The fourth-order valence-electron chi connectivity index (χ4n) is 7.25. The van der Waals surface area contributed by atoms with E-state index in [1.807, 2.05) is 21.1 Å². The Labute approximate surface area is 359 Å². The lowest BCUT2D eigenvalue weighted by molar-refractivity contribution is -0.870. The molecule has 0 spiro atoms. The van der Waals surface area contributed by atoms with Crippen molar-refractivity contribution in [2.24, 2.45) is 0 Å². The van der Waals surface area contributed by atoms with Gasteiger partial charge in [-0.3, -0.25) is 14.2 Å². The van der Waals surface area contributed by atoms with Gasteiger partial charge in [-0.05, 0) is 12.8 Å². The van der Waals surface area contributed by atoms with Crippen LogP contribution in [0.4, 0.5) is 0 Å². The fourth-order valence-corrected chi connectivity index (χ4v) is 7.97. The molecule has 0 fully saturated rings. The third-order valence-corrected chi connectivity index (χ3v) is 12.1. The summed E-state index contributed by atoms with van der Waals surface area (Å²) in [6, 6.07) is 0. The molecule has 0 aromatic heterocycles. The van der Waals surface area contributed by atoms with E-state index in [0.29, 0.717) is 17.4 Å². The fraction of sp³-hybridized carbons (Fsp3) is 0.958. The molecule has 0 aromatic carbocycles. The second kappa shape index (κ2) is 41.4. The molecule has 10 heteroatoms. The first-order chi connectivity index (χ1) is 28.0. The Morgan fingerprint density at radius 3 is 1.10 bits per heavy atom. The summed E-state index contributed by atoms with van der Waals surface area (Å²) >= 11 is 0. The summed E-state index contributed by atoms with van der Waals surface area (Å²) in [5, 5.41) is 0. The van der Waals surface area contributed by atoms with Crippen LogP contribution in [0.3, 0.4) is 0 Å². The number of carbonyl (C=O) groups is 2. The Morgan fingerprint density at radius 2 is 0.776 bits per heavy atom. The van der Waals surface area contributed by atoms with Crippen molar-refractivity contribution >= 4 is 19.8 Å². The summed E-state index contributed by atoms with van der Waals surface area (Å²) < 4.78 is 34.0. The quantitative estimate of drug-likeness (QED) is 0.0258. The van der Waals surface area contributed by atoms with Crippen molar-refractivity contribution in [2.75, 3.05) is 47.5 Å². The van der Waals surface area contributed by atoms with Crippen LogP contribution in [0.2, 0.25) is 0 Å². The van der Waals surface area contributed by atoms with Crippen LogP contribution in [0.1, 0.15) is 245 Å². The van der Waals surface area contributed by atoms with Gasteiger partial charge in [-0.25, -0.2) is 0 Å². The molecular formula is C48H96NO8P. The molecule has 2 unspecified atom stereocenters. The lowest BCUT2D eigenvalue weighted by Gasteiger charge is -2.28. The number of nitrogens with zero attached hydrogens (tertiary/aromatic N) is 1. The Bertz CT molecular complexity index is 958. The van der Waals surface area contributed by atoms with Crippen LogP contribution in [-0.2, 0) is 32.7 Å². The van der Waals surface area contributed by atoms with E-state index in [4.69, 9.17) is 18.5 Å². The molecule has 0 saturated heterocycles. The third kappa shape index (κ3) is 44.6. The normalized spacial score (nSPS) is 13.4. The molecule has 0 N–H and O–H groups in total. The first-order valence-electron chi connectivity index (χ1n) is 24.7. The highest BCUT2D eigenvalue weighted by Crippen LogP contribution is 2.38. The van der Waals surface area contributed by atoms with Gasteiger partial charge in [0.05, 0.1) is 27.7 Å². The van der Waals surface area contributed by atoms with Gasteiger partial charge in [-0.15, -0.1) is 0 Å². The summed E-state index contributed by atoms with van der Waals surface area (Å²) in [6.45, 7) is 4.28. The molecule has 9 nitrogen and oxygen atoms in total. The van der Waals surface area contributed by atoms with Gasteiger partial charge in [0.1, 0.15) is 19.8 Å². The smallest absolute Gasteiger partial charge is 0.306 e. The van der Waals surface area contributed by atoms with Gasteiger partial charge in [0.2, 0.25) is 0 Å². The van der Waals surface area contributed by atoms with Crippen molar-refractivity contribution in [1.29, 1.82) is 0 Å². The number of carbonyl (C=O) groups excluding carboxylic acids is 2. The van der Waals surface area contributed by atoms with Crippen LogP contribution < -0.4 is 4.89 Å². The molecular weight excluding hydrogens is 750 g/mol. The van der Waals surface area contributed by atoms with Gasteiger partial charge in [-0.2, -0.15) is 0 Å². The van der Waals surface area contributed by atoms with Crippen molar-refractivity contribution in [3.8, 4) is 0 Å². The Hall–Kier alpha value is -0.990. The van der Waals surface area contributed by atoms with Crippen molar-refractivity contribution in [3.63, 3.8) is 0 Å². The predicted molar refractivity (Wildman–Crippen MR) is 241 cm³/mol. The van der Waals surface area contributed by atoms with Crippen molar-refractivity contribution in [1.82, 2.24) is 0 Å². The number of quaternary nitrogens is 1. The summed E-state index contributed by atoms with van der Waals surface area (Å²) in [5.74, 6) is -0.815. The molecule has 0 aliphatic carbocycles. The van der Waals surface area contributed by atoms with Gasteiger partial charge in [0, 0.05) is 12.8 Å². The largest absolute Gasteiger partial charge is 0.756 e. The highest BCUT2D eigenvalue weighted by atomic mass is 31.2. The topological polar surface area (TPSA) is 111 Å². The van der Waals surface area contributed by atoms with E-state index in [-0.39, 0.29) is 32.0 Å². The zero-order valence-corrected chi connectivity index (χ0v) is 39.9. The Balaban J connectivity index is 4.19. The molecule has 2 atom stereocenters. The minimum Gasteiger partial charge on any atom is -0.756 e. The maximum atomic E-state index is 12.7. The lowest BCUT2D eigenvalue weighted by Crippen LogP contribution is -2.37. The molecule has 0 heterocycles. The first-order valence-corrected chi connectivity index (χ1v) is 26.2. The number of phosphoric ester groups is 1. The number of unbranched alkanes of at least 4 members (excludes halogenated alkanes) is 32. The minimum atomic E-state index is -4.62. The standard InChI is InChI=1S/C48H96NO8P/c1-6-8-10-12-14-16-18-20-22-23-24-25-26-27-29-30-32-34-36-38-40-47(50)54-44-46(45-56-58(52,53)55-43-42-49(3,4)5)57-48(51)41-39-37-35-33-31-28-21-19-17-15-13-11-9-7-2/h46H,6-45H2,1-5H3. The molecule has 0 bridgehead atoms. The van der Waals surface area contributed by atoms with Crippen LogP contribution in [-0.4, -0.2) is 70.0 Å². The molecule has 0 rings (SSSR count). The molecule has 0 aliphatic heterocycles. The summed E-state index contributed by atoms with van der Waals surface area (Å²) in [7, 11) is 1.18. The van der Waals surface area contributed by atoms with Gasteiger partial charge in [0.25, 0.3) is 7.82 Å². The Kier molecular flexibility index (Phi) is 40.7. The molecule has 0 radical (unpaired) electrons. The van der Waals surface area contributed by atoms with Crippen LogP contribution in [0.25, 0.3) is 0 Å². The number of hydrogen-bond donors (Lipinski definition) is 0. The lowest BCUT2D eigenvalue weighted by atomic mass is 10.0. The zero-order valence-electron chi connectivity index (χ0n) is 39.0. The van der Waals surface area contributed by atoms with Crippen molar-refractivity contribution < 1.29 is 42.1 Å². The van der Waals surface area contributed by atoms with Crippen LogP contribution in [0.15, 0.2) is 0 Å². The Morgan fingerprint density at radius 1 is 0.466 bits per heavy atom. The second-order valence-electron chi connectivity index (χ2n) is 18.2. The van der Waals surface area contributed by atoms with E-state index in [2.05, 4.69) is 13.8 Å². The van der Waals surface area contributed by atoms with Gasteiger partial charge in [0.15, 0.2) is 6.10 Å². The van der Waals surface area contributed by atoms with Crippen LogP contribution in [0.5, 0.6) is 0 Å². The van der Waals surface area contributed by atoms with Gasteiger partial charge in [-0.1, -0.05) is 219 Å². The highest BCUT2D eigenvalue weighted by Gasteiger charge is 2.21. The minimum absolute atomic E-state index is 0.0255. The summed E-state index contributed by atoms with van der Waals surface area (Å²) in [4.78, 5) is 37.6. The number of esters is 2. The molecule has 58 heavy (non-hydrogen) atoms. The molecule has 0 saturated carbocycles. The molecule has 346 valence electrons. The predicted octanol–water partition coefficient (Wildman–Crippen LogP) is 13.7. The maximum Gasteiger partial charge on any atom is 0.306 e. The van der Waals surface area contributed by atoms with Crippen molar-refractivity contribution in [3.05, 3.63) is 0 Å². The molecule has 0 aliphatic rings. The number of phosphoric acid groups is 1. The SMILES string of the molecule is CCCCCCCCCCCCCCCCCCCCCCC(=O)OCC(COP(=O)([O-])OCC[N+](C)(C)C)OC(=O)CCCCCCCCCCCCCCCC. The second-order valence-corrected chi connectivity index (χ2v) is 19.6. The summed E-state index contributed by atoms with van der Waals surface area (Å²) in [5.41, 5.74) is 0. The van der Waals surface area contributed by atoms with Crippen LogP contribution >= 0.6 is 7.82 Å². The van der Waals surface area contributed by atoms with E-state index in [1.54, 1.807) is 0 Å². The van der Waals surface area contributed by atoms with E-state index in [1.165, 1.54) is 180 Å². The number of likely N-dealkylation sites (N-methyl/N-ethyl adjacent to an activating group) is 1. The number of ether oxygens (including phenoxy) is 2. The van der Waals surface area contributed by atoms with Crippen molar-refractivity contribution in [2.45, 2.75) is 251 Å². The maximum absolute atomic E-state index is 12.7. The molecule has 0 aromatic rings. The number of rotatable bonds is 46. The zero-order chi connectivity index (χ0) is 42.8. The van der Waals surface area contributed by atoms with E-state index in [9.17, 15) is 19.0 Å². The molecule has 0 amide bonds.